The van der Waals surface area contributed by atoms with Gasteiger partial charge in [-0.3, -0.25) is 4.79 Å². The normalized spacial score (nSPS) is 18.6. The Morgan fingerprint density at radius 2 is 2.15 bits per heavy atom. The molecule has 1 atom stereocenters. The number of carboxylic acid groups (broad SMARTS) is 1. The molecule has 1 aromatic rings. The number of rotatable bonds is 3. The molecule has 0 saturated carbocycles. The van der Waals surface area contributed by atoms with Gasteiger partial charge in [0.05, 0.1) is 5.92 Å². The van der Waals surface area contributed by atoms with Gasteiger partial charge < -0.3 is 15.3 Å². The molecule has 0 bridgehead atoms. The van der Waals surface area contributed by atoms with Crippen molar-refractivity contribution in [2.24, 2.45) is 5.92 Å². The van der Waals surface area contributed by atoms with Gasteiger partial charge in [-0.2, -0.15) is 0 Å². The van der Waals surface area contributed by atoms with Gasteiger partial charge >= 0.3 is 12.0 Å². The molecule has 5 nitrogen and oxygen atoms in total. The molecule has 0 aromatic heterocycles. The third-order valence-electron chi connectivity index (χ3n) is 3.45. The number of urea groups is 1. The minimum atomic E-state index is -0.826. The van der Waals surface area contributed by atoms with Crippen molar-refractivity contribution in [1.29, 1.82) is 0 Å². The molecule has 2 N–H and O–H groups in total. The van der Waals surface area contributed by atoms with Gasteiger partial charge in [-0.15, -0.1) is 0 Å². The van der Waals surface area contributed by atoms with E-state index in [2.05, 4.69) is 21.2 Å². The van der Waals surface area contributed by atoms with E-state index in [0.717, 1.165) is 16.5 Å². The number of carbonyl (C=O) groups is 2. The van der Waals surface area contributed by atoms with E-state index in [1.54, 1.807) is 4.90 Å². The molecular weight excluding hydrogens is 324 g/mol. The fourth-order valence-corrected chi connectivity index (χ4v) is 2.71. The highest BCUT2D eigenvalue weighted by atomic mass is 79.9. The summed E-state index contributed by atoms with van der Waals surface area (Å²) in [7, 11) is 0. The van der Waals surface area contributed by atoms with Crippen LogP contribution in [0.1, 0.15) is 18.4 Å². The summed E-state index contributed by atoms with van der Waals surface area (Å²) >= 11 is 3.43. The number of aliphatic carboxylic acids is 1. The predicted octanol–water partition coefficient (Wildman–Crippen LogP) is 2.46. The van der Waals surface area contributed by atoms with Crippen LogP contribution in [0.2, 0.25) is 0 Å². The van der Waals surface area contributed by atoms with E-state index in [1.165, 1.54) is 0 Å². The summed E-state index contributed by atoms with van der Waals surface area (Å²) in [5, 5.41) is 11.9. The van der Waals surface area contributed by atoms with Crippen LogP contribution in [-0.2, 0) is 11.3 Å². The fraction of sp³-hybridized carbons (Fsp3) is 0.429. The maximum absolute atomic E-state index is 12.1. The van der Waals surface area contributed by atoms with Crippen LogP contribution in [0, 0.1) is 5.92 Å². The van der Waals surface area contributed by atoms with Crippen LogP contribution in [0.4, 0.5) is 4.79 Å². The first-order valence-corrected chi connectivity index (χ1v) is 7.36. The van der Waals surface area contributed by atoms with Crippen LogP contribution >= 0.6 is 15.9 Å². The highest BCUT2D eigenvalue weighted by Gasteiger charge is 2.27. The lowest BCUT2D eigenvalue weighted by molar-refractivity contribution is -0.143. The minimum Gasteiger partial charge on any atom is -0.481 e. The summed E-state index contributed by atoms with van der Waals surface area (Å²) < 4.78 is 0.947. The number of amides is 2. The summed E-state index contributed by atoms with van der Waals surface area (Å²) in [6.07, 6.45) is 1.38. The zero-order valence-electron chi connectivity index (χ0n) is 11.0. The second-order valence-corrected chi connectivity index (χ2v) is 5.73. The van der Waals surface area contributed by atoms with Crippen LogP contribution in [0.25, 0.3) is 0 Å². The van der Waals surface area contributed by atoms with Gasteiger partial charge in [0.1, 0.15) is 0 Å². The third kappa shape index (κ3) is 3.72. The number of halogens is 1. The monoisotopic (exact) mass is 340 g/mol. The van der Waals surface area contributed by atoms with E-state index in [9.17, 15) is 9.59 Å². The Labute approximate surface area is 126 Å². The van der Waals surface area contributed by atoms with Gasteiger partial charge in [0.2, 0.25) is 0 Å². The van der Waals surface area contributed by atoms with Crippen LogP contribution < -0.4 is 5.32 Å². The SMILES string of the molecule is O=C(O)[C@@H]1CCCN(C(=O)NCc2ccccc2Br)C1. The number of hydrogen-bond acceptors (Lipinski definition) is 2. The van der Waals surface area contributed by atoms with E-state index in [1.807, 2.05) is 24.3 Å². The van der Waals surface area contributed by atoms with Crippen molar-refractivity contribution in [1.82, 2.24) is 10.2 Å². The Hall–Kier alpha value is -1.56. The van der Waals surface area contributed by atoms with Crippen LogP contribution in [-0.4, -0.2) is 35.1 Å². The zero-order chi connectivity index (χ0) is 14.5. The maximum Gasteiger partial charge on any atom is 0.317 e. The minimum absolute atomic E-state index is 0.202. The summed E-state index contributed by atoms with van der Waals surface area (Å²) in [6, 6.07) is 7.47. The number of carbonyl (C=O) groups excluding carboxylic acids is 1. The topological polar surface area (TPSA) is 69.6 Å². The summed E-state index contributed by atoms with van der Waals surface area (Å²) in [5.74, 6) is -1.27. The van der Waals surface area contributed by atoms with E-state index < -0.39 is 11.9 Å². The molecule has 0 radical (unpaired) electrons. The lowest BCUT2D eigenvalue weighted by atomic mass is 9.99. The van der Waals surface area contributed by atoms with Crippen molar-refractivity contribution in [2.75, 3.05) is 13.1 Å². The average molecular weight is 341 g/mol. The van der Waals surface area contributed by atoms with E-state index in [-0.39, 0.29) is 12.6 Å². The van der Waals surface area contributed by atoms with Gasteiger partial charge in [-0.25, -0.2) is 4.79 Å². The molecule has 0 unspecified atom stereocenters. The van der Waals surface area contributed by atoms with Crippen molar-refractivity contribution in [3.05, 3.63) is 34.3 Å². The Balaban J connectivity index is 1.89. The molecule has 1 aliphatic rings. The molecule has 0 spiro atoms. The average Bonchev–Trinajstić information content (AvgIpc) is 2.46. The highest BCUT2D eigenvalue weighted by Crippen LogP contribution is 2.18. The number of benzene rings is 1. The molecule has 108 valence electrons. The maximum atomic E-state index is 12.1. The van der Waals surface area contributed by atoms with Crippen LogP contribution in [0.15, 0.2) is 28.7 Å². The van der Waals surface area contributed by atoms with Crippen molar-refractivity contribution >= 4 is 27.9 Å². The first-order chi connectivity index (χ1) is 9.58. The Bertz CT molecular complexity index is 507. The second-order valence-electron chi connectivity index (χ2n) is 4.87. The summed E-state index contributed by atoms with van der Waals surface area (Å²) in [5.41, 5.74) is 0.993. The van der Waals surface area contributed by atoms with Gasteiger partial charge in [-0.05, 0) is 24.5 Å². The standard InChI is InChI=1S/C14H17BrN2O3/c15-12-6-2-1-4-10(12)8-16-14(20)17-7-3-5-11(9-17)13(18)19/h1-2,4,6,11H,3,5,7-9H2,(H,16,20)(H,18,19)/t11-/m1/s1. The zero-order valence-corrected chi connectivity index (χ0v) is 12.6. The van der Waals surface area contributed by atoms with Gasteiger partial charge in [-0.1, -0.05) is 34.1 Å². The predicted molar refractivity (Wildman–Crippen MR) is 78.3 cm³/mol. The third-order valence-corrected chi connectivity index (χ3v) is 4.22. The van der Waals surface area contributed by atoms with Gasteiger partial charge in [0.15, 0.2) is 0 Å². The summed E-state index contributed by atoms with van der Waals surface area (Å²) in [4.78, 5) is 24.6. The van der Waals surface area contributed by atoms with Crippen molar-refractivity contribution < 1.29 is 14.7 Å². The van der Waals surface area contributed by atoms with E-state index in [4.69, 9.17) is 5.11 Å². The lowest BCUT2D eigenvalue weighted by Crippen LogP contribution is -2.46. The number of likely N-dealkylation sites (tertiary alicyclic amines) is 1. The van der Waals surface area contributed by atoms with Crippen LogP contribution in [0.3, 0.4) is 0 Å². The summed E-state index contributed by atoms with van der Waals surface area (Å²) in [6.45, 7) is 1.33. The van der Waals surface area contributed by atoms with Crippen molar-refractivity contribution in [3.8, 4) is 0 Å². The number of nitrogens with one attached hydrogen (secondary N) is 1. The molecule has 2 amide bonds. The molecule has 1 saturated heterocycles. The molecule has 1 aliphatic heterocycles. The molecule has 0 aliphatic carbocycles. The first kappa shape index (κ1) is 14.8. The smallest absolute Gasteiger partial charge is 0.317 e. The highest BCUT2D eigenvalue weighted by molar-refractivity contribution is 9.10. The molecule has 6 heteroatoms. The molecule has 1 fully saturated rings. The van der Waals surface area contributed by atoms with Crippen molar-refractivity contribution in [2.45, 2.75) is 19.4 Å². The molecule has 1 aromatic carbocycles. The quantitative estimate of drug-likeness (QED) is 0.887. The number of piperidine rings is 1. The van der Waals surface area contributed by atoms with Crippen LogP contribution in [0.5, 0.6) is 0 Å². The fourth-order valence-electron chi connectivity index (χ4n) is 2.29. The number of hydrogen-bond donors (Lipinski definition) is 2. The molecule has 20 heavy (non-hydrogen) atoms. The number of carboxylic acids is 1. The molecule has 2 rings (SSSR count). The first-order valence-electron chi connectivity index (χ1n) is 6.57. The molecule has 1 heterocycles. The second kappa shape index (κ2) is 6.74. The Kier molecular flexibility index (Phi) is 5.00. The van der Waals surface area contributed by atoms with E-state index in [0.29, 0.717) is 19.5 Å². The van der Waals surface area contributed by atoms with Crippen molar-refractivity contribution in [3.63, 3.8) is 0 Å². The Morgan fingerprint density at radius 1 is 1.40 bits per heavy atom. The largest absolute Gasteiger partial charge is 0.481 e. The molecular formula is C14H17BrN2O3. The van der Waals surface area contributed by atoms with E-state index >= 15 is 0 Å². The lowest BCUT2D eigenvalue weighted by Gasteiger charge is -2.30. The van der Waals surface area contributed by atoms with Gasteiger partial charge in [0.25, 0.3) is 0 Å². The van der Waals surface area contributed by atoms with Gasteiger partial charge in [0, 0.05) is 24.1 Å². The Morgan fingerprint density at radius 3 is 2.85 bits per heavy atom. The number of nitrogens with zero attached hydrogens (tertiary/aromatic N) is 1.